The van der Waals surface area contributed by atoms with Crippen LogP contribution in [-0.2, 0) is 0 Å². The molecule has 2 rings (SSSR count). The van der Waals surface area contributed by atoms with Gasteiger partial charge in [0.1, 0.15) is 5.82 Å². The number of rotatable bonds is 4. The molecular weight excluding hydrogens is 288 g/mol. The van der Waals surface area contributed by atoms with Crippen molar-refractivity contribution in [2.45, 2.75) is 31.5 Å². The maximum Gasteiger partial charge on any atom is 0.391 e. The monoisotopic (exact) mass is 306 g/mol. The minimum atomic E-state index is -4.11. The molecule has 2 heterocycles. The number of alkyl halides is 3. The Morgan fingerprint density at radius 2 is 1.95 bits per heavy atom. The lowest BCUT2D eigenvalue weighted by molar-refractivity contribution is -0.185. The van der Waals surface area contributed by atoms with Gasteiger partial charge in [-0.15, -0.1) is 0 Å². The molecule has 1 saturated heterocycles. The van der Waals surface area contributed by atoms with Crippen LogP contribution in [0.4, 0.5) is 17.6 Å². The van der Waals surface area contributed by atoms with Crippen molar-refractivity contribution in [2.75, 3.05) is 19.6 Å². The largest absolute Gasteiger partial charge is 0.391 e. The van der Waals surface area contributed by atoms with E-state index in [9.17, 15) is 22.7 Å². The molecule has 0 aromatic carbocycles. The van der Waals surface area contributed by atoms with E-state index >= 15 is 0 Å². The molecule has 7 heteroatoms. The van der Waals surface area contributed by atoms with Gasteiger partial charge in [0, 0.05) is 6.54 Å². The quantitative estimate of drug-likeness (QED) is 0.869. The van der Waals surface area contributed by atoms with Gasteiger partial charge in [-0.2, -0.15) is 13.2 Å². The van der Waals surface area contributed by atoms with Gasteiger partial charge >= 0.3 is 6.18 Å². The van der Waals surface area contributed by atoms with E-state index in [2.05, 4.69) is 4.98 Å². The fourth-order valence-electron chi connectivity index (χ4n) is 2.52. The van der Waals surface area contributed by atoms with Gasteiger partial charge in [-0.1, -0.05) is 0 Å². The molecule has 1 aliphatic rings. The predicted octanol–water partition coefficient (Wildman–Crippen LogP) is 2.92. The first-order valence-electron chi connectivity index (χ1n) is 6.95. The summed E-state index contributed by atoms with van der Waals surface area (Å²) in [6, 6.07) is 2.64. The number of aliphatic hydroxyl groups excluding tert-OH is 1. The van der Waals surface area contributed by atoms with Crippen LogP contribution >= 0.6 is 0 Å². The second-order valence-corrected chi connectivity index (χ2v) is 5.36. The van der Waals surface area contributed by atoms with Crippen LogP contribution in [0, 0.1) is 11.7 Å². The molecule has 1 atom stereocenters. The summed E-state index contributed by atoms with van der Waals surface area (Å²) in [4.78, 5) is 5.71. The minimum absolute atomic E-state index is 0.106. The van der Waals surface area contributed by atoms with Gasteiger partial charge in [-0.3, -0.25) is 4.98 Å². The Bertz CT molecular complexity index is 441. The van der Waals surface area contributed by atoms with Crippen LogP contribution in [-0.4, -0.2) is 40.8 Å². The summed E-state index contributed by atoms with van der Waals surface area (Å²) in [5.74, 6) is -1.68. The average molecular weight is 306 g/mol. The minimum Gasteiger partial charge on any atom is -0.387 e. The normalized spacial score (nSPS) is 19.7. The lowest BCUT2D eigenvalue weighted by Gasteiger charge is -2.33. The van der Waals surface area contributed by atoms with Crippen LogP contribution in [0.5, 0.6) is 0 Å². The van der Waals surface area contributed by atoms with E-state index in [1.54, 1.807) is 0 Å². The van der Waals surface area contributed by atoms with Crippen molar-refractivity contribution < 1.29 is 22.7 Å². The van der Waals surface area contributed by atoms with E-state index in [0.717, 1.165) is 6.20 Å². The zero-order valence-corrected chi connectivity index (χ0v) is 11.5. The SMILES string of the molecule is OC(CCN1CCC(C(F)(F)F)CC1)c1ccc(F)cn1. The summed E-state index contributed by atoms with van der Waals surface area (Å²) in [6.07, 6.45) is -3.32. The molecule has 1 N–H and O–H groups in total. The molecule has 1 aromatic heterocycles. The van der Waals surface area contributed by atoms with Crippen molar-refractivity contribution in [3.8, 4) is 0 Å². The first-order valence-corrected chi connectivity index (χ1v) is 6.95. The van der Waals surface area contributed by atoms with Crippen LogP contribution in [0.2, 0.25) is 0 Å². The summed E-state index contributed by atoms with van der Waals surface area (Å²) >= 11 is 0. The number of hydrogen-bond acceptors (Lipinski definition) is 3. The molecule has 0 saturated carbocycles. The molecule has 0 aliphatic carbocycles. The standard InChI is InChI=1S/C14H18F4N2O/c15-11-1-2-12(19-9-11)13(21)5-8-20-6-3-10(4-7-20)14(16,17)18/h1-2,9-10,13,21H,3-8H2. The number of hydrogen-bond donors (Lipinski definition) is 1. The van der Waals surface area contributed by atoms with Gasteiger partial charge in [0.05, 0.1) is 23.9 Å². The Kier molecular flexibility index (Phi) is 5.16. The van der Waals surface area contributed by atoms with Crippen molar-refractivity contribution in [3.05, 3.63) is 29.8 Å². The first-order chi connectivity index (χ1) is 9.86. The fourth-order valence-corrected chi connectivity index (χ4v) is 2.52. The second-order valence-electron chi connectivity index (χ2n) is 5.36. The summed E-state index contributed by atoms with van der Waals surface area (Å²) in [5.41, 5.74) is 0.376. The average Bonchev–Trinajstić information content (AvgIpc) is 2.45. The summed E-state index contributed by atoms with van der Waals surface area (Å²) in [7, 11) is 0. The highest BCUT2D eigenvalue weighted by Gasteiger charge is 2.40. The molecule has 0 amide bonds. The summed E-state index contributed by atoms with van der Waals surface area (Å²) in [5, 5.41) is 9.93. The molecule has 1 unspecified atom stereocenters. The molecule has 1 aromatic rings. The van der Waals surface area contributed by atoms with Gasteiger partial charge in [0.25, 0.3) is 0 Å². The zero-order valence-electron chi connectivity index (χ0n) is 11.5. The highest BCUT2D eigenvalue weighted by Crippen LogP contribution is 2.34. The maximum absolute atomic E-state index is 12.7. The topological polar surface area (TPSA) is 36.4 Å². The van der Waals surface area contributed by atoms with E-state index < -0.39 is 24.0 Å². The van der Waals surface area contributed by atoms with Gasteiger partial charge in [0.15, 0.2) is 0 Å². The maximum atomic E-state index is 12.7. The molecule has 118 valence electrons. The van der Waals surface area contributed by atoms with E-state index in [0.29, 0.717) is 31.7 Å². The van der Waals surface area contributed by atoms with Crippen molar-refractivity contribution in [2.24, 2.45) is 5.92 Å². The number of halogens is 4. The third-order valence-electron chi connectivity index (χ3n) is 3.86. The number of pyridine rings is 1. The molecule has 21 heavy (non-hydrogen) atoms. The Balaban J connectivity index is 1.76. The predicted molar refractivity (Wildman–Crippen MR) is 69.0 cm³/mol. The van der Waals surface area contributed by atoms with Crippen molar-refractivity contribution in [1.29, 1.82) is 0 Å². The van der Waals surface area contributed by atoms with Crippen LogP contribution < -0.4 is 0 Å². The third-order valence-corrected chi connectivity index (χ3v) is 3.86. The van der Waals surface area contributed by atoms with Crippen molar-refractivity contribution >= 4 is 0 Å². The summed E-state index contributed by atoms with van der Waals surface area (Å²) < 4.78 is 50.3. The zero-order chi connectivity index (χ0) is 15.5. The Morgan fingerprint density at radius 1 is 1.29 bits per heavy atom. The van der Waals surface area contributed by atoms with Gasteiger partial charge in [-0.05, 0) is 44.5 Å². The summed E-state index contributed by atoms with van der Waals surface area (Å²) in [6.45, 7) is 1.27. The van der Waals surface area contributed by atoms with Crippen LogP contribution in [0.3, 0.4) is 0 Å². The molecule has 0 radical (unpaired) electrons. The molecule has 1 fully saturated rings. The molecule has 1 aliphatic heterocycles. The number of aliphatic hydroxyl groups is 1. The van der Waals surface area contributed by atoms with E-state index in [-0.39, 0.29) is 12.8 Å². The van der Waals surface area contributed by atoms with E-state index in [4.69, 9.17) is 0 Å². The van der Waals surface area contributed by atoms with E-state index in [1.165, 1.54) is 12.1 Å². The van der Waals surface area contributed by atoms with Crippen molar-refractivity contribution in [1.82, 2.24) is 9.88 Å². The smallest absolute Gasteiger partial charge is 0.387 e. The first kappa shape index (κ1) is 16.2. The molecular formula is C14H18F4N2O. The number of likely N-dealkylation sites (tertiary alicyclic amines) is 1. The third kappa shape index (κ3) is 4.64. The Hall–Kier alpha value is -1.21. The van der Waals surface area contributed by atoms with Gasteiger partial charge in [0.2, 0.25) is 0 Å². The molecule has 3 nitrogen and oxygen atoms in total. The second kappa shape index (κ2) is 6.70. The fraction of sp³-hybridized carbons (Fsp3) is 0.643. The Labute approximate surface area is 120 Å². The van der Waals surface area contributed by atoms with Gasteiger partial charge < -0.3 is 10.0 Å². The highest BCUT2D eigenvalue weighted by atomic mass is 19.4. The number of piperidine rings is 1. The highest BCUT2D eigenvalue weighted by molar-refractivity contribution is 5.07. The molecule has 0 spiro atoms. The van der Waals surface area contributed by atoms with E-state index in [1.807, 2.05) is 4.90 Å². The van der Waals surface area contributed by atoms with Crippen LogP contribution in [0.15, 0.2) is 18.3 Å². The van der Waals surface area contributed by atoms with Gasteiger partial charge in [-0.25, -0.2) is 4.39 Å². The van der Waals surface area contributed by atoms with Crippen molar-refractivity contribution in [3.63, 3.8) is 0 Å². The van der Waals surface area contributed by atoms with Crippen LogP contribution in [0.1, 0.15) is 31.1 Å². The molecule has 0 bridgehead atoms. The number of aromatic nitrogens is 1. The lowest BCUT2D eigenvalue weighted by atomic mass is 9.96. The number of nitrogens with zero attached hydrogens (tertiary/aromatic N) is 2. The van der Waals surface area contributed by atoms with Crippen LogP contribution in [0.25, 0.3) is 0 Å². The Morgan fingerprint density at radius 3 is 2.48 bits per heavy atom. The lowest BCUT2D eigenvalue weighted by Crippen LogP contribution is -2.39.